The number of imide groups is 1. The van der Waals surface area contributed by atoms with Crippen molar-refractivity contribution >= 4 is 41.1 Å². The van der Waals surface area contributed by atoms with Crippen LogP contribution in [-0.4, -0.2) is 35.5 Å². The van der Waals surface area contributed by atoms with E-state index >= 15 is 0 Å². The Balaban J connectivity index is 2.27. The lowest BCUT2D eigenvalue weighted by Crippen LogP contribution is -2.42. The second-order valence-electron chi connectivity index (χ2n) is 5.61. The first-order chi connectivity index (χ1) is 10.6. The van der Waals surface area contributed by atoms with Gasteiger partial charge < -0.3 is 10.1 Å². The minimum absolute atomic E-state index is 0.250. The highest BCUT2D eigenvalue weighted by Gasteiger charge is 2.50. The Morgan fingerprint density at radius 3 is 2.57 bits per heavy atom. The molecule has 0 saturated carbocycles. The average molecular weight is 359 g/mol. The number of benzene rings is 1. The van der Waals surface area contributed by atoms with Gasteiger partial charge in [0.05, 0.1) is 6.10 Å². The van der Waals surface area contributed by atoms with Crippen LogP contribution in [0, 0.1) is 0 Å². The number of nitrogens with zero attached hydrogens (tertiary/aromatic N) is 1. The van der Waals surface area contributed by atoms with Crippen LogP contribution in [0.3, 0.4) is 0 Å². The molecule has 1 heterocycles. The van der Waals surface area contributed by atoms with Crippen molar-refractivity contribution in [2.45, 2.75) is 32.4 Å². The van der Waals surface area contributed by atoms with E-state index in [1.54, 1.807) is 26.0 Å². The number of amides is 3. The largest absolute Gasteiger partial charge is 0.462 e. The van der Waals surface area contributed by atoms with E-state index in [2.05, 4.69) is 5.32 Å². The molecule has 1 aromatic rings. The summed E-state index contributed by atoms with van der Waals surface area (Å²) in [6, 6.07) is 3.95. The van der Waals surface area contributed by atoms with Gasteiger partial charge in [-0.15, -0.1) is 0 Å². The number of carbonyl (C=O) groups excluding carboxylic acids is 3. The standard InChI is InChI=1S/C15H16Cl2N2O4/c1-8(2)23-12(20)7-19-13(21)15(3,18-14(19)22)10-5-4-9(16)6-11(10)17/h4-6,8H,7H2,1-3H3,(H,18,22). The Hall–Kier alpha value is -1.79. The molecule has 1 aromatic carbocycles. The van der Waals surface area contributed by atoms with Crippen molar-refractivity contribution in [3.63, 3.8) is 0 Å². The Kier molecular flexibility index (Phi) is 4.87. The van der Waals surface area contributed by atoms with Crippen LogP contribution in [0.5, 0.6) is 0 Å². The Morgan fingerprint density at radius 1 is 1.35 bits per heavy atom. The first-order valence-corrected chi connectivity index (χ1v) is 7.70. The van der Waals surface area contributed by atoms with Crippen LogP contribution in [0.25, 0.3) is 0 Å². The van der Waals surface area contributed by atoms with Crippen LogP contribution < -0.4 is 5.32 Å². The van der Waals surface area contributed by atoms with Crippen LogP contribution in [0.2, 0.25) is 10.0 Å². The predicted molar refractivity (Wildman–Crippen MR) is 85.3 cm³/mol. The zero-order valence-electron chi connectivity index (χ0n) is 12.9. The average Bonchev–Trinajstić information content (AvgIpc) is 2.62. The van der Waals surface area contributed by atoms with Gasteiger partial charge in [0.1, 0.15) is 12.1 Å². The van der Waals surface area contributed by atoms with Crippen LogP contribution in [0.15, 0.2) is 18.2 Å². The molecule has 1 fully saturated rings. The maximum absolute atomic E-state index is 12.6. The maximum atomic E-state index is 12.6. The molecule has 1 N–H and O–H groups in total. The van der Waals surface area contributed by atoms with Crippen LogP contribution in [0.1, 0.15) is 26.3 Å². The van der Waals surface area contributed by atoms with Gasteiger partial charge in [-0.05, 0) is 32.9 Å². The fourth-order valence-electron chi connectivity index (χ4n) is 2.35. The van der Waals surface area contributed by atoms with Crippen LogP contribution >= 0.6 is 23.2 Å². The lowest BCUT2D eigenvalue weighted by atomic mass is 9.92. The molecule has 0 spiro atoms. The van der Waals surface area contributed by atoms with E-state index in [9.17, 15) is 14.4 Å². The minimum atomic E-state index is -1.36. The molecule has 8 heteroatoms. The molecule has 1 aliphatic rings. The molecule has 0 aliphatic carbocycles. The van der Waals surface area contributed by atoms with E-state index in [0.29, 0.717) is 10.6 Å². The van der Waals surface area contributed by atoms with Gasteiger partial charge in [0, 0.05) is 15.6 Å². The third kappa shape index (κ3) is 3.43. The molecule has 0 bridgehead atoms. The molecule has 124 valence electrons. The quantitative estimate of drug-likeness (QED) is 0.663. The van der Waals surface area contributed by atoms with Gasteiger partial charge in [-0.25, -0.2) is 4.79 Å². The number of carbonyl (C=O) groups is 3. The number of ether oxygens (including phenoxy) is 1. The minimum Gasteiger partial charge on any atom is -0.462 e. The van der Waals surface area contributed by atoms with E-state index in [4.69, 9.17) is 27.9 Å². The molecule has 0 radical (unpaired) electrons. The van der Waals surface area contributed by atoms with Crippen molar-refractivity contribution in [1.29, 1.82) is 0 Å². The maximum Gasteiger partial charge on any atom is 0.326 e. The number of esters is 1. The zero-order chi connectivity index (χ0) is 17.4. The van der Waals surface area contributed by atoms with E-state index in [1.165, 1.54) is 13.0 Å². The molecule has 1 unspecified atom stereocenters. The van der Waals surface area contributed by atoms with Crippen molar-refractivity contribution in [2.75, 3.05) is 6.54 Å². The second-order valence-corrected chi connectivity index (χ2v) is 6.45. The molecule has 3 amide bonds. The van der Waals surface area contributed by atoms with Gasteiger partial charge in [-0.1, -0.05) is 29.3 Å². The highest BCUT2D eigenvalue weighted by molar-refractivity contribution is 6.35. The van der Waals surface area contributed by atoms with Gasteiger partial charge in [-0.2, -0.15) is 0 Å². The molecule has 0 aromatic heterocycles. The summed E-state index contributed by atoms with van der Waals surface area (Å²) in [6.45, 7) is 4.43. The number of hydrogen-bond donors (Lipinski definition) is 1. The van der Waals surface area contributed by atoms with Gasteiger partial charge in [0.15, 0.2) is 0 Å². The summed E-state index contributed by atoms with van der Waals surface area (Å²) in [7, 11) is 0. The predicted octanol–water partition coefficient (Wildman–Crippen LogP) is 2.71. The second kappa shape index (κ2) is 6.37. The highest BCUT2D eigenvalue weighted by Crippen LogP contribution is 2.34. The summed E-state index contributed by atoms with van der Waals surface area (Å²) < 4.78 is 4.97. The molecule has 1 saturated heterocycles. The first kappa shape index (κ1) is 17.6. The fourth-order valence-corrected chi connectivity index (χ4v) is 2.94. The fraction of sp³-hybridized carbons (Fsp3) is 0.400. The summed E-state index contributed by atoms with van der Waals surface area (Å²) in [5.41, 5.74) is -0.960. The van der Waals surface area contributed by atoms with Crippen molar-refractivity contribution in [1.82, 2.24) is 10.2 Å². The number of rotatable bonds is 4. The monoisotopic (exact) mass is 358 g/mol. The SMILES string of the molecule is CC(C)OC(=O)CN1C(=O)NC(C)(c2ccc(Cl)cc2Cl)C1=O. The lowest BCUT2D eigenvalue weighted by Gasteiger charge is -2.23. The van der Waals surface area contributed by atoms with Gasteiger partial charge in [0.2, 0.25) is 0 Å². The molecular formula is C15H16Cl2N2O4. The Bertz CT molecular complexity index is 677. The summed E-state index contributed by atoms with van der Waals surface area (Å²) in [5, 5.41) is 3.23. The van der Waals surface area contributed by atoms with Gasteiger partial charge in [-0.3, -0.25) is 14.5 Å². The first-order valence-electron chi connectivity index (χ1n) is 6.94. The van der Waals surface area contributed by atoms with E-state index in [1.807, 2.05) is 0 Å². The Labute approximate surface area is 143 Å². The summed E-state index contributed by atoms with van der Waals surface area (Å²) in [6.07, 6.45) is -0.333. The third-order valence-electron chi connectivity index (χ3n) is 3.40. The number of urea groups is 1. The van der Waals surface area contributed by atoms with Crippen molar-refractivity contribution in [2.24, 2.45) is 0 Å². The van der Waals surface area contributed by atoms with Crippen LogP contribution in [-0.2, 0) is 19.9 Å². The molecular weight excluding hydrogens is 343 g/mol. The number of hydrogen-bond acceptors (Lipinski definition) is 4. The van der Waals surface area contributed by atoms with Crippen LogP contribution in [0.4, 0.5) is 4.79 Å². The molecule has 1 aliphatic heterocycles. The highest BCUT2D eigenvalue weighted by atomic mass is 35.5. The van der Waals surface area contributed by atoms with E-state index in [0.717, 1.165) is 4.90 Å². The normalized spacial score (nSPS) is 20.9. The summed E-state index contributed by atoms with van der Waals surface area (Å²) in [5.74, 6) is -1.23. The zero-order valence-corrected chi connectivity index (χ0v) is 14.4. The van der Waals surface area contributed by atoms with Gasteiger partial charge >= 0.3 is 12.0 Å². The molecule has 23 heavy (non-hydrogen) atoms. The van der Waals surface area contributed by atoms with E-state index < -0.39 is 30.0 Å². The third-order valence-corrected chi connectivity index (χ3v) is 3.95. The smallest absolute Gasteiger partial charge is 0.326 e. The Morgan fingerprint density at radius 2 is 2.00 bits per heavy atom. The topological polar surface area (TPSA) is 75.7 Å². The molecule has 1 atom stereocenters. The van der Waals surface area contributed by atoms with Crippen molar-refractivity contribution < 1.29 is 19.1 Å². The molecule has 6 nitrogen and oxygen atoms in total. The van der Waals surface area contributed by atoms with Crippen molar-refractivity contribution in [3.8, 4) is 0 Å². The summed E-state index contributed by atoms with van der Waals surface area (Å²) in [4.78, 5) is 37.3. The molecule has 2 rings (SSSR count). The number of halogens is 2. The van der Waals surface area contributed by atoms with E-state index in [-0.39, 0.29) is 11.1 Å². The van der Waals surface area contributed by atoms with Gasteiger partial charge in [0.25, 0.3) is 5.91 Å². The van der Waals surface area contributed by atoms with Crippen molar-refractivity contribution in [3.05, 3.63) is 33.8 Å². The summed E-state index contributed by atoms with van der Waals surface area (Å²) >= 11 is 12.0. The lowest BCUT2D eigenvalue weighted by molar-refractivity contribution is -0.150. The number of nitrogens with one attached hydrogen (secondary N) is 1.